The minimum absolute atomic E-state index is 0.251. The van der Waals surface area contributed by atoms with Crippen LogP contribution in [0.3, 0.4) is 0 Å². The Bertz CT molecular complexity index is 989. The molecule has 0 aliphatic rings. The Kier molecular flexibility index (Phi) is 6.69. The third-order valence-electron chi connectivity index (χ3n) is 4.61. The molecule has 3 rings (SSSR count). The summed E-state index contributed by atoms with van der Waals surface area (Å²) in [6.45, 7) is 5.00. The van der Waals surface area contributed by atoms with Crippen LogP contribution in [0, 0.1) is 13.8 Å². The lowest BCUT2D eigenvalue weighted by Crippen LogP contribution is -2.09. The molecule has 3 aromatic rings. The molecule has 0 spiro atoms. The zero-order valence-corrected chi connectivity index (χ0v) is 16.6. The van der Waals surface area contributed by atoms with Crippen LogP contribution < -0.4 is 9.47 Å². The van der Waals surface area contributed by atoms with Gasteiger partial charge < -0.3 is 14.6 Å². The van der Waals surface area contributed by atoms with Gasteiger partial charge in [-0.05, 0) is 66.4 Å². The molecule has 0 saturated carbocycles. The zero-order valence-electron chi connectivity index (χ0n) is 16.6. The molecule has 3 aromatic carbocycles. The number of ether oxygens (including phenoxy) is 2. The quantitative estimate of drug-likeness (QED) is 0.319. The molecular weight excluding hydrogens is 364 g/mol. The number of carboxylic acids is 1. The van der Waals surface area contributed by atoms with Gasteiger partial charge in [0, 0.05) is 0 Å². The first-order valence-corrected chi connectivity index (χ1v) is 9.46. The maximum Gasteiger partial charge on any atom is 0.336 e. The Balaban J connectivity index is 1.57. The summed E-state index contributed by atoms with van der Waals surface area (Å²) in [5.74, 6) is 0.585. The Morgan fingerprint density at radius 2 is 1.45 bits per heavy atom. The summed E-state index contributed by atoms with van der Waals surface area (Å²) in [6, 6.07) is 22.4. The number of hydrogen-bond acceptors (Lipinski definition) is 3. The number of hydrogen-bond donors (Lipinski definition) is 1. The number of benzene rings is 3. The Hall–Kier alpha value is -3.53. The highest BCUT2D eigenvalue weighted by Crippen LogP contribution is 2.21. The molecule has 1 N–H and O–H groups in total. The van der Waals surface area contributed by atoms with Crippen molar-refractivity contribution in [2.45, 2.75) is 13.8 Å². The number of aliphatic carboxylic acids is 1. The van der Waals surface area contributed by atoms with E-state index in [-0.39, 0.29) is 5.57 Å². The Labute approximate surface area is 171 Å². The first-order valence-electron chi connectivity index (χ1n) is 9.46. The summed E-state index contributed by atoms with van der Waals surface area (Å²) < 4.78 is 11.4. The van der Waals surface area contributed by atoms with Crippen LogP contribution in [-0.2, 0) is 4.79 Å². The van der Waals surface area contributed by atoms with Gasteiger partial charge in [0.1, 0.15) is 24.7 Å². The van der Waals surface area contributed by atoms with Crippen molar-refractivity contribution in [1.29, 1.82) is 0 Å². The number of carboxylic acid groups (broad SMARTS) is 1. The summed E-state index contributed by atoms with van der Waals surface area (Å²) in [4.78, 5) is 11.6. The van der Waals surface area contributed by atoms with Crippen LogP contribution in [0.25, 0.3) is 11.6 Å². The van der Waals surface area contributed by atoms with Crippen molar-refractivity contribution in [3.63, 3.8) is 0 Å². The first kappa shape index (κ1) is 20.2. The monoisotopic (exact) mass is 388 g/mol. The van der Waals surface area contributed by atoms with E-state index < -0.39 is 5.97 Å². The molecule has 0 aliphatic heterocycles. The summed E-state index contributed by atoms with van der Waals surface area (Å²) in [6.07, 6.45) is 1.66. The van der Waals surface area contributed by atoms with Gasteiger partial charge >= 0.3 is 5.97 Å². The molecule has 29 heavy (non-hydrogen) atoms. The second-order valence-electron chi connectivity index (χ2n) is 6.74. The van der Waals surface area contributed by atoms with Crippen LogP contribution in [0.4, 0.5) is 0 Å². The van der Waals surface area contributed by atoms with Crippen molar-refractivity contribution in [2.75, 3.05) is 13.2 Å². The van der Waals surface area contributed by atoms with Crippen molar-refractivity contribution in [2.24, 2.45) is 0 Å². The average molecular weight is 388 g/mol. The second-order valence-corrected chi connectivity index (χ2v) is 6.74. The third kappa shape index (κ3) is 5.72. The highest BCUT2D eigenvalue weighted by molar-refractivity contribution is 6.20. The topological polar surface area (TPSA) is 55.8 Å². The number of aryl methyl sites for hydroxylation is 2. The summed E-state index contributed by atoms with van der Waals surface area (Å²) in [5, 5.41) is 9.51. The molecule has 0 saturated heterocycles. The van der Waals surface area contributed by atoms with Crippen molar-refractivity contribution in [3.05, 3.63) is 95.1 Å². The van der Waals surface area contributed by atoms with Crippen LogP contribution in [0.15, 0.2) is 72.8 Å². The van der Waals surface area contributed by atoms with E-state index in [1.54, 1.807) is 18.2 Å². The van der Waals surface area contributed by atoms with Gasteiger partial charge in [-0.25, -0.2) is 4.79 Å². The van der Waals surface area contributed by atoms with Gasteiger partial charge in [0.2, 0.25) is 0 Å². The maximum atomic E-state index is 11.6. The van der Waals surface area contributed by atoms with Gasteiger partial charge in [0.25, 0.3) is 0 Å². The molecule has 4 heteroatoms. The van der Waals surface area contributed by atoms with Gasteiger partial charge in [0.15, 0.2) is 0 Å². The fourth-order valence-corrected chi connectivity index (χ4v) is 2.84. The fraction of sp³-hybridized carbons (Fsp3) is 0.160. The van der Waals surface area contributed by atoms with Gasteiger partial charge in [0.05, 0.1) is 5.57 Å². The lowest BCUT2D eigenvalue weighted by atomic mass is 10.0. The van der Waals surface area contributed by atoms with Crippen molar-refractivity contribution in [1.82, 2.24) is 0 Å². The van der Waals surface area contributed by atoms with Gasteiger partial charge in [-0.1, -0.05) is 48.5 Å². The predicted molar refractivity (Wildman–Crippen MR) is 115 cm³/mol. The van der Waals surface area contributed by atoms with E-state index in [4.69, 9.17) is 9.47 Å². The van der Waals surface area contributed by atoms with E-state index in [9.17, 15) is 9.90 Å². The highest BCUT2D eigenvalue weighted by atomic mass is 16.5. The van der Waals surface area contributed by atoms with E-state index in [0.29, 0.717) is 24.5 Å². The molecule has 0 heterocycles. The normalized spacial score (nSPS) is 11.2. The first-order chi connectivity index (χ1) is 14.0. The second kappa shape index (κ2) is 9.60. The molecular formula is C25H24O4. The van der Waals surface area contributed by atoms with E-state index in [1.165, 1.54) is 11.1 Å². The van der Waals surface area contributed by atoms with E-state index in [1.807, 2.05) is 60.7 Å². The molecule has 0 aromatic heterocycles. The Morgan fingerprint density at radius 1 is 0.828 bits per heavy atom. The summed E-state index contributed by atoms with van der Waals surface area (Å²) in [5.41, 5.74) is 4.15. The van der Waals surface area contributed by atoms with Crippen molar-refractivity contribution in [3.8, 4) is 11.5 Å². The minimum Gasteiger partial charge on any atom is -0.490 e. The standard InChI is InChI=1S/C25H24O4/c1-18-8-11-23(16-19(18)2)29-15-14-28-22-12-9-20(10-13-22)17-24(25(26)27)21-6-4-3-5-7-21/h3-13,16-17H,14-15H2,1-2H3,(H,26,27)/b24-17-. The largest absolute Gasteiger partial charge is 0.490 e. The van der Waals surface area contributed by atoms with Gasteiger partial charge in [-0.3, -0.25) is 0 Å². The molecule has 0 atom stereocenters. The van der Waals surface area contributed by atoms with E-state index >= 15 is 0 Å². The molecule has 0 aliphatic carbocycles. The van der Waals surface area contributed by atoms with Gasteiger partial charge in [-0.15, -0.1) is 0 Å². The fourth-order valence-electron chi connectivity index (χ4n) is 2.84. The van der Waals surface area contributed by atoms with Crippen molar-refractivity contribution < 1.29 is 19.4 Å². The van der Waals surface area contributed by atoms with Crippen LogP contribution >= 0.6 is 0 Å². The zero-order chi connectivity index (χ0) is 20.6. The average Bonchev–Trinajstić information content (AvgIpc) is 2.73. The molecule has 0 radical (unpaired) electrons. The molecule has 0 unspecified atom stereocenters. The van der Waals surface area contributed by atoms with Gasteiger partial charge in [-0.2, -0.15) is 0 Å². The lowest BCUT2D eigenvalue weighted by Gasteiger charge is -2.10. The third-order valence-corrected chi connectivity index (χ3v) is 4.61. The van der Waals surface area contributed by atoms with E-state index in [2.05, 4.69) is 13.8 Å². The molecule has 148 valence electrons. The molecule has 4 nitrogen and oxygen atoms in total. The number of rotatable bonds is 8. The van der Waals surface area contributed by atoms with Crippen molar-refractivity contribution >= 4 is 17.6 Å². The number of carbonyl (C=O) groups is 1. The van der Waals surface area contributed by atoms with Crippen LogP contribution in [-0.4, -0.2) is 24.3 Å². The SMILES string of the molecule is Cc1ccc(OCCOc2ccc(/C=C(\C(=O)O)c3ccccc3)cc2)cc1C. The molecule has 0 fully saturated rings. The van der Waals surface area contributed by atoms with Crippen LogP contribution in [0.1, 0.15) is 22.3 Å². The Morgan fingerprint density at radius 3 is 2.07 bits per heavy atom. The van der Waals surface area contributed by atoms with Crippen LogP contribution in [0.5, 0.6) is 11.5 Å². The molecule has 0 amide bonds. The predicted octanol–water partition coefficient (Wildman–Crippen LogP) is 5.39. The van der Waals surface area contributed by atoms with E-state index in [0.717, 1.165) is 11.3 Å². The summed E-state index contributed by atoms with van der Waals surface area (Å²) in [7, 11) is 0. The lowest BCUT2D eigenvalue weighted by molar-refractivity contribution is -0.130. The minimum atomic E-state index is -0.958. The summed E-state index contributed by atoms with van der Waals surface area (Å²) >= 11 is 0. The smallest absolute Gasteiger partial charge is 0.336 e. The van der Waals surface area contributed by atoms with Crippen LogP contribution in [0.2, 0.25) is 0 Å². The maximum absolute atomic E-state index is 11.6. The highest BCUT2D eigenvalue weighted by Gasteiger charge is 2.09. The molecule has 0 bridgehead atoms.